The lowest BCUT2D eigenvalue weighted by Crippen LogP contribution is -1.98. The second-order valence-corrected chi connectivity index (χ2v) is 2.91. The van der Waals surface area contributed by atoms with Crippen LogP contribution < -0.4 is 5.90 Å². The number of hydrogen-bond donors (Lipinski definition) is 2. The number of hydrogen-bond acceptors (Lipinski definition) is 3. The molecule has 1 aromatic carbocycles. The molecule has 11 heavy (non-hydrogen) atoms. The minimum absolute atomic E-state index is 0.179. The molecular weight excluding hydrogens is 210 g/mol. The lowest BCUT2D eigenvalue weighted by molar-refractivity contribution is 0.122. The summed E-state index contributed by atoms with van der Waals surface area (Å²) in [6.45, 7) is 0.214. The van der Waals surface area contributed by atoms with Crippen molar-refractivity contribution in [1.29, 1.82) is 0 Å². The molecule has 3 nitrogen and oxygen atoms in total. The van der Waals surface area contributed by atoms with Crippen molar-refractivity contribution in [3.05, 3.63) is 28.2 Å². The monoisotopic (exact) mass is 217 g/mol. The van der Waals surface area contributed by atoms with Crippen molar-refractivity contribution in [1.82, 2.24) is 0 Å². The summed E-state index contributed by atoms with van der Waals surface area (Å²) in [6.07, 6.45) is 0. The fourth-order valence-corrected chi connectivity index (χ4v) is 1.17. The molecule has 0 atom stereocenters. The zero-order valence-electron chi connectivity index (χ0n) is 5.75. The first-order valence-corrected chi connectivity index (χ1v) is 3.83. The van der Waals surface area contributed by atoms with Crippen LogP contribution in [0.2, 0.25) is 0 Å². The topological polar surface area (TPSA) is 55.5 Å². The van der Waals surface area contributed by atoms with Gasteiger partial charge in [0.1, 0.15) is 5.75 Å². The Morgan fingerprint density at radius 2 is 2.27 bits per heavy atom. The molecule has 0 bridgehead atoms. The zero-order chi connectivity index (χ0) is 8.27. The van der Waals surface area contributed by atoms with Gasteiger partial charge in [0.15, 0.2) is 0 Å². The molecule has 0 saturated carbocycles. The average Bonchev–Trinajstić information content (AvgIpc) is 1.99. The van der Waals surface area contributed by atoms with Crippen LogP contribution in [0.5, 0.6) is 5.75 Å². The summed E-state index contributed by atoms with van der Waals surface area (Å²) in [6, 6.07) is 5.29. The number of phenolic OH excluding ortho intramolecular Hbond substituents is 1. The molecule has 0 aliphatic heterocycles. The smallest absolute Gasteiger partial charge is 0.135 e. The van der Waals surface area contributed by atoms with Gasteiger partial charge in [-0.15, -0.1) is 0 Å². The third kappa shape index (κ3) is 1.92. The van der Waals surface area contributed by atoms with Gasteiger partial charge in [-0.1, -0.05) is 12.1 Å². The van der Waals surface area contributed by atoms with E-state index in [9.17, 15) is 5.11 Å². The molecule has 0 fully saturated rings. The zero-order valence-corrected chi connectivity index (χ0v) is 7.34. The van der Waals surface area contributed by atoms with Crippen LogP contribution in [-0.2, 0) is 11.4 Å². The van der Waals surface area contributed by atoms with Gasteiger partial charge in [-0.2, -0.15) is 0 Å². The Labute approximate surface area is 72.9 Å². The number of aromatic hydroxyl groups is 1. The largest absolute Gasteiger partial charge is 0.506 e. The maximum Gasteiger partial charge on any atom is 0.135 e. The predicted octanol–water partition coefficient (Wildman–Crippen LogP) is 1.54. The standard InChI is InChI=1S/C7H8BrNO2/c8-6-3-1-2-5(4-11-9)7(6)10/h1-3,10H,4,9H2. The van der Waals surface area contributed by atoms with Crippen LogP contribution in [0.3, 0.4) is 0 Å². The van der Waals surface area contributed by atoms with Crippen molar-refractivity contribution < 1.29 is 9.94 Å². The molecule has 0 aliphatic rings. The molecule has 0 amide bonds. The number of benzene rings is 1. The van der Waals surface area contributed by atoms with E-state index in [-0.39, 0.29) is 12.4 Å². The van der Waals surface area contributed by atoms with Crippen LogP contribution in [0.25, 0.3) is 0 Å². The summed E-state index contributed by atoms with van der Waals surface area (Å²) in [4.78, 5) is 4.38. The second-order valence-electron chi connectivity index (χ2n) is 2.06. The Hall–Kier alpha value is -0.580. The SMILES string of the molecule is NOCc1cccc(Br)c1O. The molecule has 0 aromatic heterocycles. The number of rotatable bonds is 2. The van der Waals surface area contributed by atoms with Crippen LogP contribution in [-0.4, -0.2) is 5.11 Å². The number of para-hydroxylation sites is 1. The van der Waals surface area contributed by atoms with Crippen molar-refractivity contribution in [3.8, 4) is 5.75 Å². The highest BCUT2D eigenvalue weighted by Crippen LogP contribution is 2.27. The third-order valence-corrected chi connectivity index (χ3v) is 1.95. The van der Waals surface area contributed by atoms with Gasteiger partial charge < -0.3 is 5.11 Å². The molecule has 0 radical (unpaired) electrons. The highest BCUT2D eigenvalue weighted by Gasteiger charge is 2.02. The van der Waals surface area contributed by atoms with E-state index >= 15 is 0 Å². The molecular formula is C7H8BrNO2. The normalized spacial score (nSPS) is 10.0. The van der Waals surface area contributed by atoms with E-state index in [1.807, 2.05) is 0 Å². The lowest BCUT2D eigenvalue weighted by Gasteiger charge is -2.03. The van der Waals surface area contributed by atoms with Crippen molar-refractivity contribution in [2.24, 2.45) is 5.90 Å². The minimum atomic E-state index is 0.179. The Balaban J connectivity index is 2.96. The summed E-state index contributed by atoms with van der Waals surface area (Å²) in [5.74, 6) is 5.03. The molecule has 0 unspecified atom stereocenters. The van der Waals surface area contributed by atoms with E-state index < -0.39 is 0 Å². The van der Waals surface area contributed by atoms with E-state index in [1.54, 1.807) is 18.2 Å². The number of halogens is 1. The molecule has 3 N–H and O–H groups in total. The van der Waals surface area contributed by atoms with Gasteiger partial charge in [-0.05, 0) is 22.0 Å². The van der Waals surface area contributed by atoms with Crippen LogP contribution >= 0.6 is 15.9 Å². The summed E-state index contributed by atoms with van der Waals surface area (Å²) in [5.41, 5.74) is 0.668. The Bertz CT molecular complexity index is 252. The number of nitrogens with two attached hydrogens (primary N) is 1. The van der Waals surface area contributed by atoms with Crippen LogP contribution in [0.15, 0.2) is 22.7 Å². The Morgan fingerprint density at radius 3 is 2.91 bits per heavy atom. The summed E-state index contributed by atoms with van der Waals surface area (Å²) in [7, 11) is 0. The molecule has 1 aromatic rings. The molecule has 60 valence electrons. The van der Waals surface area contributed by atoms with Crippen LogP contribution in [0.4, 0.5) is 0 Å². The van der Waals surface area contributed by atoms with Gasteiger partial charge in [0.25, 0.3) is 0 Å². The van der Waals surface area contributed by atoms with Gasteiger partial charge in [0.2, 0.25) is 0 Å². The second kappa shape index (κ2) is 3.71. The Morgan fingerprint density at radius 1 is 1.55 bits per heavy atom. The molecule has 1 rings (SSSR count). The van der Waals surface area contributed by atoms with Gasteiger partial charge >= 0.3 is 0 Å². The van der Waals surface area contributed by atoms with E-state index in [4.69, 9.17) is 5.90 Å². The van der Waals surface area contributed by atoms with E-state index in [0.717, 1.165) is 0 Å². The average molecular weight is 218 g/mol. The maximum absolute atomic E-state index is 9.35. The maximum atomic E-state index is 9.35. The van der Waals surface area contributed by atoms with Gasteiger partial charge in [-0.25, -0.2) is 5.90 Å². The highest BCUT2D eigenvalue weighted by molar-refractivity contribution is 9.10. The van der Waals surface area contributed by atoms with Crippen molar-refractivity contribution >= 4 is 15.9 Å². The van der Waals surface area contributed by atoms with E-state index in [2.05, 4.69) is 20.8 Å². The first-order valence-electron chi connectivity index (χ1n) is 3.03. The van der Waals surface area contributed by atoms with Crippen molar-refractivity contribution in [3.63, 3.8) is 0 Å². The minimum Gasteiger partial charge on any atom is -0.506 e. The molecule has 0 heterocycles. The van der Waals surface area contributed by atoms with Gasteiger partial charge in [0, 0.05) is 5.56 Å². The van der Waals surface area contributed by atoms with Crippen LogP contribution in [0, 0.1) is 0 Å². The quantitative estimate of drug-likeness (QED) is 0.740. The first kappa shape index (κ1) is 8.52. The number of phenols is 1. The summed E-state index contributed by atoms with van der Waals surface area (Å²) >= 11 is 3.17. The van der Waals surface area contributed by atoms with Gasteiger partial charge in [0.05, 0.1) is 11.1 Å². The van der Waals surface area contributed by atoms with Gasteiger partial charge in [-0.3, -0.25) is 4.84 Å². The molecule has 4 heteroatoms. The fraction of sp³-hybridized carbons (Fsp3) is 0.143. The molecule has 0 saturated heterocycles. The highest BCUT2D eigenvalue weighted by atomic mass is 79.9. The molecule has 0 spiro atoms. The first-order chi connectivity index (χ1) is 5.25. The van der Waals surface area contributed by atoms with E-state index in [1.165, 1.54) is 0 Å². The van der Waals surface area contributed by atoms with Crippen molar-refractivity contribution in [2.45, 2.75) is 6.61 Å². The fourth-order valence-electron chi connectivity index (χ4n) is 0.766. The van der Waals surface area contributed by atoms with Crippen LogP contribution in [0.1, 0.15) is 5.56 Å². The Kier molecular flexibility index (Phi) is 2.87. The summed E-state index contributed by atoms with van der Waals surface area (Å²) in [5, 5.41) is 9.35. The predicted molar refractivity (Wildman–Crippen MR) is 44.8 cm³/mol. The summed E-state index contributed by atoms with van der Waals surface area (Å²) < 4.78 is 0.645. The van der Waals surface area contributed by atoms with Crippen molar-refractivity contribution in [2.75, 3.05) is 0 Å². The molecule has 0 aliphatic carbocycles. The third-order valence-electron chi connectivity index (χ3n) is 1.31. The lowest BCUT2D eigenvalue weighted by atomic mass is 10.2. The van der Waals surface area contributed by atoms with E-state index in [0.29, 0.717) is 10.0 Å².